The lowest BCUT2D eigenvalue weighted by atomic mass is 10.1. The van der Waals surface area contributed by atoms with Gasteiger partial charge in [0.05, 0.1) is 0 Å². The SMILES string of the molecule is C[C@@H](NCC1Cc2cc(Cl)ccc2O1)c1cccc(Cl)c1. The van der Waals surface area contributed by atoms with Gasteiger partial charge >= 0.3 is 0 Å². The summed E-state index contributed by atoms with van der Waals surface area (Å²) in [6, 6.07) is 14.0. The van der Waals surface area contributed by atoms with E-state index in [2.05, 4.69) is 18.3 Å². The van der Waals surface area contributed by atoms with Crippen LogP contribution in [-0.2, 0) is 6.42 Å². The Hall–Kier alpha value is -1.22. The third kappa shape index (κ3) is 3.52. The summed E-state index contributed by atoms with van der Waals surface area (Å²) in [7, 11) is 0. The molecule has 0 fully saturated rings. The first kappa shape index (κ1) is 14.7. The number of halogens is 2. The molecule has 4 heteroatoms. The van der Waals surface area contributed by atoms with Crippen LogP contribution in [0.25, 0.3) is 0 Å². The van der Waals surface area contributed by atoms with Crippen molar-refractivity contribution in [2.45, 2.75) is 25.5 Å². The summed E-state index contributed by atoms with van der Waals surface area (Å²) < 4.78 is 5.92. The summed E-state index contributed by atoms with van der Waals surface area (Å²) >= 11 is 12.0. The molecule has 2 aromatic carbocycles. The minimum atomic E-state index is 0.153. The van der Waals surface area contributed by atoms with Gasteiger partial charge in [0, 0.05) is 29.1 Å². The van der Waals surface area contributed by atoms with Gasteiger partial charge in [0.2, 0.25) is 0 Å². The van der Waals surface area contributed by atoms with Gasteiger partial charge in [-0.2, -0.15) is 0 Å². The number of hydrogen-bond acceptors (Lipinski definition) is 2. The van der Waals surface area contributed by atoms with E-state index in [4.69, 9.17) is 27.9 Å². The van der Waals surface area contributed by atoms with Gasteiger partial charge in [-0.3, -0.25) is 0 Å². The smallest absolute Gasteiger partial charge is 0.123 e. The van der Waals surface area contributed by atoms with E-state index in [1.54, 1.807) is 0 Å². The van der Waals surface area contributed by atoms with Crippen molar-refractivity contribution in [3.05, 3.63) is 63.6 Å². The van der Waals surface area contributed by atoms with Crippen molar-refractivity contribution in [1.29, 1.82) is 0 Å². The number of rotatable bonds is 4. The lowest BCUT2D eigenvalue weighted by Crippen LogP contribution is -2.31. The van der Waals surface area contributed by atoms with E-state index in [9.17, 15) is 0 Å². The zero-order valence-corrected chi connectivity index (χ0v) is 13.3. The third-order valence-electron chi connectivity index (χ3n) is 3.76. The lowest BCUT2D eigenvalue weighted by Gasteiger charge is -2.18. The Morgan fingerprint density at radius 2 is 2.00 bits per heavy atom. The molecule has 2 atom stereocenters. The van der Waals surface area contributed by atoms with Gasteiger partial charge in [0.15, 0.2) is 0 Å². The number of ether oxygens (including phenoxy) is 1. The molecule has 0 aromatic heterocycles. The molecular formula is C17H17Cl2NO. The standard InChI is InChI=1S/C17H17Cl2NO/c1-11(12-3-2-4-14(18)7-12)20-10-16-9-13-8-15(19)5-6-17(13)21-16/h2-8,11,16,20H,9-10H2,1H3/t11-,16?/m1/s1. The quantitative estimate of drug-likeness (QED) is 0.885. The molecule has 3 rings (SSSR count). The minimum absolute atomic E-state index is 0.153. The monoisotopic (exact) mass is 321 g/mol. The molecule has 2 aromatic rings. The van der Waals surface area contributed by atoms with Crippen molar-refractivity contribution >= 4 is 23.2 Å². The molecule has 0 spiro atoms. The fraction of sp³-hybridized carbons (Fsp3) is 0.294. The molecule has 1 unspecified atom stereocenters. The summed E-state index contributed by atoms with van der Waals surface area (Å²) in [6.07, 6.45) is 1.05. The Kier molecular flexibility index (Phi) is 4.39. The zero-order valence-electron chi connectivity index (χ0n) is 11.8. The Morgan fingerprint density at radius 1 is 1.19 bits per heavy atom. The van der Waals surface area contributed by atoms with Gasteiger partial charge < -0.3 is 10.1 Å². The highest BCUT2D eigenvalue weighted by Crippen LogP contribution is 2.31. The summed E-state index contributed by atoms with van der Waals surface area (Å²) in [4.78, 5) is 0. The van der Waals surface area contributed by atoms with E-state index < -0.39 is 0 Å². The second-order valence-corrected chi connectivity index (χ2v) is 6.25. The Labute approximate surface area is 135 Å². The van der Waals surface area contributed by atoms with E-state index in [1.807, 2.05) is 36.4 Å². The van der Waals surface area contributed by atoms with Gasteiger partial charge in [0.1, 0.15) is 11.9 Å². The Balaban J connectivity index is 1.57. The molecule has 21 heavy (non-hydrogen) atoms. The molecule has 0 amide bonds. The molecule has 0 radical (unpaired) electrons. The maximum Gasteiger partial charge on any atom is 0.123 e. The zero-order chi connectivity index (χ0) is 14.8. The predicted molar refractivity (Wildman–Crippen MR) is 87.4 cm³/mol. The largest absolute Gasteiger partial charge is 0.488 e. The van der Waals surface area contributed by atoms with Crippen molar-refractivity contribution in [3.8, 4) is 5.75 Å². The van der Waals surface area contributed by atoms with Crippen LogP contribution in [-0.4, -0.2) is 12.6 Å². The highest BCUT2D eigenvalue weighted by atomic mass is 35.5. The van der Waals surface area contributed by atoms with Crippen LogP contribution in [0, 0.1) is 0 Å². The Morgan fingerprint density at radius 3 is 2.81 bits per heavy atom. The van der Waals surface area contributed by atoms with Crippen LogP contribution in [0.2, 0.25) is 10.0 Å². The summed E-state index contributed by atoms with van der Waals surface area (Å²) in [5.74, 6) is 0.946. The predicted octanol–water partition coefficient (Wildman–Crippen LogP) is 4.65. The molecule has 0 bridgehead atoms. The van der Waals surface area contributed by atoms with Crippen LogP contribution < -0.4 is 10.1 Å². The first-order valence-corrected chi connectivity index (χ1v) is 7.81. The molecule has 1 aliphatic heterocycles. The fourth-order valence-corrected chi connectivity index (χ4v) is 3.00. The molecule has 1 aliphatic rings. The van der Waals surface area contributed by atoms with E-state index >= 15 is 0 Å². The molecule has 0 aliphatic carbocycles. The first-order chi connectivity index (χ1) is 10.1. The molecule has 1 N–H and O–H groups in total. The number of benzene rings is 2. The van der Waals surface area contributed by atoms with Gasteiger partial charge in [0.25, 0.3) is 0 Å². The second kappa shape index (κ2) is 6.27. The third-order valence-corrected chi connectivity index (χ3v) is 4.23. The number of hydrogen-bond donors (Lipinski definition) is 1. The normalized spacial score (nSPS) is 18.1. The molecule has 2 nitrogen and oxygen atoms in total. The van der Waals surface area contributed by atoms with E-state index in [1.165, 1.54) is 11.1 Å². The van der Waals surface area contributed by atoms with Crippen LogP contribution >= 0.6 is 23.2 Å². The summed E-state index contributed by atoms with van der Waals surface area (Å²) in [5, 5.41) is 5.03. The van der Waals surface area contributed by atoms with E-state index in [0.29, 0.717) is 0 Å². The van der Waals surface area contributed by atoms with Crippen molar-refractivity contribution < 1.29 is 4.74 Å². The molecular weight excluding hydrogens is 305 g/mol. The van der Waals surface area contributed by atoms with E-state index in [0.717, 1.165) is 28.8 Å². The van der Waals surface area contributed by atoms with E-state index in [-0.39, 0.29) is 12.1 Å². The average molecular weight is 322 g/mol. The highest BCUT2D eigenvalue weighted by molar-refractivity contribution is 6.30. The van der Waals surface area contributed by atoms with Gasteiger partial charge in [-0.05, 0) is 48.4 Å². The van der Waals surface area contributed by atoms with Gasteiger partial charge in [-0.25, -0.2) is 0 Å². The molecule has 110 valence electrons. The maximum absolute atomic E-state index is 6.03. The van der Waals surface area contributed by atoms with Crippen molar-refractivity contribution in [2.24, 2.45) is 0 Å². The van der Waals surface area contributed by atoms with Crippen LogP contribution in [0.4, 0.5) is 0 Å². The van der Waals surface area contributed by atoms with Crippen LogP contribution in [0.3, 0.4) is 0 Å². The Bertz CT molecular complexity index is 644. The second-order valence-electron chi connectivity index (χ2n) is 5.38. The fourth-order valence-electron chi connectivity index (χ4n) is 2.60. The highest BCUT2D eigenvalue weighted by Gasteiger charge is 2.23. The van der Waals surface area contributed by atoms with Crippen LogP contribution in [0.5, 0.6) is 5.75 Å². The number of fused-ring (bicyclic) bond motifs is 1. The minimum Gasteiger partial charge on any atom is -0.488 e. The van der Waals surface area contributed by atoms with Crippen molar-refractivity contribution in [2.75, 3.05) is 6.54 Å². The maximum atomic E-state index is 6.03. The summed E-state index contributed by atoms with van der Waals surface area (Å²) in [6.45, 7) is 2.92. The lowest BCUT2D eigenvalue weighted by molar-refractivity contribution is 0.222. The van der Waals surface area contributed by atoms with Gasteiger partial charge in [-0.15, -0.1) is 0 Å². The number of nitrogens with one attached hydrogen (secondary N) is 1. The van der Waals surface area contributed by atoms with Crippen LogP contribution in [0.1, 0.15) is 24.1 Å². The molecule has 0 saturated carbocycles. The first-order valence-electron chi connectivity index (χ1n) is 7.06. The molecule has 1 heterocycles. The summed E-state index contributed by atoms with van der Waals surface area (Å²) in [5.41, 5.74) is 2.37. The molecule has 0 saturated heterocycles. The van der Waals surface area contributed by atoms with Crippen LogP contribution in [0.15, 0.2) is 42.5 Å². The van der Waals surface area contributed by atoms with Crippen molar-refractivity contribution in [1.82, 2.24) is 5.32 Å². The average Bonchev–Trinajstić information content (AvgIpc) is 2.86. The van der Waals surface area contributed by atoms with Crippen molar-refractivity contribution in [3.63, 3.8) is 0 Å². The topological polar surface area (TPSA) is 21.3 Å². The van der Waals surface area contributed by atoms with Gasteiger partial charge in [-0.1, -0.05) is 35.3 Å².